The number of rotatable bonds is 7. The van der Waals surface area contributed by atoms with Gasteiger partial charge in [-0.15, -0.1) is 0 Å². The van der Waals surface area contributed by atoms with Crippen LogP contribution < -0.4 is 5.32 Å². The lowest BCUT2D eigenvalue weighted by atomic mass is 10.0. The van der Waals surface area contributed by atoms with Gasteiger partial charge in [-0.05, 0) is 19.0 Å². The maximum absolute atomic E-state index is 4.42. The highest BCUT2D eigenvalue weighted by molar-refractivity contribution is 5.01. The van der Waals surface area contributed by atoms with Crippen LogP contribution in [0.5, 0.6) is 0 Å². The molecule has 1 aromatic heterocycles. The maximum Gasteiger partial charge on any atom is 0.0639 e. The highest BCUT2D eigenvalue weighted by Gasteiger charge is 2.09. The van der Waals surface area contributed by atoms with E-state index in [1.807, 2.05) is 17.9 Å². The summed E-state index contributed by atoms with van der Waals surface area (Å²) in [7, 11) is 1.97. The summed E-state index contributed by atoms with van der Waals surface area (Å²) in [6.07, 6.45) is 6.88. The van der Waals surface area contributed by atoms with Crippen molar-refractivity contribution < 1.29 is 0 Å². The summed E-state index contributed by atoms with van der Waals surface area (Å²) < 4.78 is 1.87. The van der Waals surface area contributed by atoms with Crippen molar-refractivity contribution in [2.75, 3.05) is 6.54 Å². The number of hydrogen-bond donors (Lipinski definition) is 1. The van der Waals surface area contributed by atoms with Gasteiger partial charge in [-0.3, -0.25) is 4.68 Å². The van der Waals surface area contributed by atoms with Crippen molar-refractivity contribution in [3.63, 3.8) is 0 Å². The Morgan fingerprint density at radius 1 is 1.47 bits per heavy atom. The monoisotopic (exact) mass is 209 g/mol. The average Bonchev–Trinajstić information content (AvgIpc) is 2.61. The number of hydrogen-bond acceptors (Lipinski definition) is 2. The third-order valence-corrected chi connectivity index (χ3v) is 2.62. The van der Waals surface area contributed by atoms with Gasteiger partial charge >= 0.3 is 0 Å². The predicted octanol–water partition coefficient (Wildman–Crippen LogP) is 2.13. The molecule has 1 atom stereocenters. The van der Waals surface area contributed by atoms with Gasteiger partial charge in [-0.25, -0.2) is 0 Å². The summed E-state index contributed by atoms with van der Waals surface area (Å²) in [5.41, 5.74) is 1.19. The van der Waals surface area contributed by atoms with Gasteiger partial charge in [-0.1, -0.05) is 26.7 Å². The van der Waals surface area contributed by atoms with Gasteiger partial charge in [0.15, 0.2) is 0 Å². The molecule has 1 unspecified atom stereocenters. The van der Waals surface area contributed by atoms with Crippen LogP contribution in [0.2, 0.25) is 0 Å². The van der Waals surface area contributed by atoms with Crippen molar-refractivity contribution in [3.05, 3.63) is 18.0 Å². The standard InChI is InChI=1S/C12H23N3/c1-4-6-7-11(13-5-2)10-12-8-9-15(3)14-12/h8-9,11,13H,4-7,10H2,1-3H3. The average molecular weight is 209 g/mol. The van der Waals surface area contributed by atoms with Crippen LogP contribution in [-0.4, -0.2) is 22.4 Å². The Morgan fingerprint density at radius 3 is 2.80 bits per heavy atom. The number of nitrogens with zero attached hydrogens (tertiary/aromatic N) is 2. The van der Waals surface area contributed by atoms with Gasteiger partial charge in [0.05, 0.1) is 5.69 Å². The second-order valence-corrected chi connectivity index (χ2v) is 4.08. The molecule has 0 aliphatic carbocycles. The Bertz CT molecular complexity index is 268. The van der Waals surface area contributed by atoms with Crippen LogP contribution in [0.3, 0.4) is 0 Å². The molecular weight excluding hydrogens is 186 g/mol. The lowest BCUT2D eigenvalue weighted by molar-refractivity contribution is 0.468. The van der Waals surface area contributed by atoms with Gasteiger partial charge < -0.3 is 5.32 Å². The molecule has 0 spiro atoms. The predicted molar refractivity (Wildman–Crippen MR) is 63.9 cm³/mol. The summed E-state index contributed by atoms with van der Waals surface area (Å²) in [4.78, 5) is 0. The first-order valence-electron chi connectivity index (χ1n) is 5.98. The maximum atomic E-state index is 4.42. The van der Waals surface area contributed by atoms with Crippen LogP contribution in [0, 0.1) is 0 Å². The highest BCUT2D eigenvalue weighted by atomic mass is 15.2. The second kappa shape index (κ2) is 6.62. The van der Waals surface area contributed by atoms with Crippen LogP contribution in [0.4, 0.5) is 0 Å². The third kappa shape index (κ3) is 4.47. The zero-order chi connectivity index (χ0) is 11.1. The summed E-state index contributed by atoms with van der Waals surface area (Å²) in [6.45, 7) is 5.45. The molecule has 86 valence electrons. The Hall–Kier alpha value is -0.830. The summed E-state index contributed by atoms with van der Waals surface area (Å²) in [5, 5.41) is 7.94. The molecule has 1 rings (SSSR count). The van der Waals surface area contributed by atoms with E-state index in [0.717, 1.165) is 13.0 Å². The van der Waals surface area contributed by atoms with Crippen LogP contribution in [0.1, 0.15) is 38.8 Å². The van der Waals surface area contributed by atoms with E-state index in [2.05, 4.69) is 30.3 Å². The molecule has 0 radical (unpaired) electrons. The Labute approximate surface area is 92.9 Å². The first-order valence-corrected chi connectivity index (χ1v) is 5.98. The van der Waals surface area contributed by atoms with Crippen LogP contribution in [0.25, 0.3) is 0 Å². The zero-order valence-electron chi connectivity index (χ0n) is 10.2. The minimum absolute atomic E-state index is 0.588. The van der Waals surface area contributed by atoms with Gasteiger partial charge in [0.1, 0.15) is 0 Å². The topological polar surface area (TPSA) is 29.9 Å². The Kier molecular flexibility index (Phi) is 5.40. The number of nitrogens with one attached hydrogen (secondary N) is 1. The van der Waals surface area contributed by atoms with Crippen LogP contribution in [0.15, 0.2) is 12.3 Å². The largest absolute Gasteiger partial charge is 0.314 e. The molecule has 0 saturated heterocycles. The molecule has 3 heteroatoms. The molecule has 0 saturated carbocycles. The number of aryl methyl sites for hydroxylation is 1. The lowest BCUT2D eigenvalue weighted by Crippen LogP contribution is -2.31. The minimum Gasteiger partial charge on any atom is -0.314 e. The highest BCUT2D eigenvalue weighted by Crippen LogP contribution is 2.07. The van der Waals surface area contributed by atoms with Gasteiger partial charge in [-0.2, -0.15) is 5.10 Å². The first kappa shape index (κ1) is 12.2. The quantitative estimate of drug-likeness (QED) is 0.745. The van der Waals surface area contributed by atoms with Crippen LogP contribution >= 0.6 is 0 Å². The van der Waals surface area contributed by atoms with Crippen molar-refractivity contribution in [1.82, 2.24) is 15.1 Å². The fraction of sp³-hybridized carbons (Fsp3) is 0.750. The number of aromatic nitrogens is 2. The van der Waals surface area contributed by atoms with Crippen molar-refractivity contribution in [2.45, 2.75) is 45.6 Å². The smallest absolute Gasteiger partial charge is 0.0639 e. The molecule has 1 aromatic rings. The van der Waals surface area contributed by atoms with E-state index in [1.165, 1.54) is 25.0 Å². The van der Waals surface area contributed by atoms with Gasteiger partial charge in [0.2, 0.25) is 0 Å². The number of likely N-dealkylation sites (N-methyl/N-ethyl adjacent to an activating group) is 1. The molecule has 1 N–H and O–H groups in total. The minimum atomic E-state index is 0.588. The normalized spacial score (nSPS) is 13.0. The molecule has 1 heterocycles. The fourth-order valence-corrected chi connectivity index (χ4v) is 1.84. The molecule has 0 aliphatic heterocycles. The summed E-state index contributed by atoms with van der Waals surface area (Å²) >= 11 is 0. The van der Waals surface area contributed by atoms with E-state index in [4.69, 9.17) is 0 Å². The van der Waals surface area contributed by atoms with Crippen molar-refractivity contribution in [1.29, 1.82) is 0 Å². The fourth-order valence-electron chi connectivity index (χ4n) is 1.84. The Morgan fingerprint density at radius 2 is 2.27 bits per heavy atom. The SMILES string of the molecule is CCCCC(Cc1ccn(C)n1)NCC. The molecule has 0 amide bonds. The van der Waals surface area contributed by atoms with E-state index in [-0.39, 0.29) is 0 Å². The molecule has 0 aliphatic rings. The Balaban J connectivity index is 2.42. The molecule has 0 bridgehead atoms. The lowest BCUT2D eigenvalue weighted by Gasteiger charge is -2.16. The van der Waals surface area contributed by atoms with E-state index < -0.39 is 0 Å². The number of unbranched alkanes of at least 4 members (excludes halogenated alkanes) is 1. The molecular formula is C12H23N3. The van der Waals surface area contributed by atoms with Crippen LogP contribution in [-0.2, 0) is 13.5 Å². The summed E-state index contributed by atoms with van der Waals surface area (Å²) in [5.74, 6) is 0. The van der Waals surface area contributed by atoms with E-state index in [9.17, 15) is 0 Å². The van der Waals surface area contributed by atoms with Crippen molar-refractivity contribution >= 4 is 0 Å². The van der Waals surface area contributed by atoms with Gasteiger partial charge in [0, 0.05) is 25.7 Å². The second-order valence-electron chi connectivity index (χ2n) is 4.08. The summed E-state index contributed by atoms with van der Waals surface area (Å²) in [6, 6.07) is 2.70. The third-order valence-electron chi connectivity index (χ3n) is 2.62. The molecule has 15 heavy (non-hydrogen) atoms. The van der Waals surface area contributed by atoms with Crippen molar-refractivity contribution in [2.24, 2.45) is 7.05 Å². The van der Waals surface area contributed by atoms with Gasteiger partial charge in [0.25, 0.3) is 0 Å². The van der Waals surface area contributed by atoms with E-state index in [1.54, 1.807) is 0 Å². The van der Waals surface area contributed by atoms with E-state index in [0.29, 0.717) is 6.04 Å². The molecule has 0 fully saturated rings. The molecule has 0 aromatic carbocycles. The zero-order valence-corrected chi connectivity index (χ0v) is 10.2. The first-order chi connectivity index (χ1) is 7.26. The molecule has 3 nitrogen and oxygen atoms in total. The van der Waals surface area contributed by atoms with Crippen molar-refractivity contribution in [3.8, 4) is 0 Å². The van der Waals surface area contributed by atoms with E-state index >= 15 is 0 Å².